The molecule has 0 aliphatic heterocycles. The van der Waals surface area contributed by atoms with Crippen LogP contribution in [0, 0.1) is 6.92 Å². The Bertz CT molecular complexity index is 793. The fraction of sp³-hybridized carbons (Fsp3) is 0.111. The second-order valence-electron chi connectivity index (χ2n) is 4.91. The van der Waals surface area contributed by atoms with Crippen molar-refractivity contribution >= 4 is 5.97 Å². The summed E-state index contributed by atoms with van der Waals surface area (Å²) in [4.78, 5) is 12.2. The molecule has 3 rings (SSSR count). The Morgan fingerprint density at radius 2 is 1.59 bits per heavy atom. The first-order valence-electron chi connectivity index (χ1n) is 7.01. The van der Waals surface area contributed by atoms with Crippen LogP contribution in [0.25, 0.3) is 16.9 Å². The van der Waals surface area contributed by atoms with Gasteiger partial charge in [0.25, 0.3) is 0 Å². The number of hydrogen-bond donors (Lipinski definition) is 0. The minimum absolute atomic E-state index is 0.376. The second-order valence-corrected chi connectivity index (χ2v) is 4.91. The zero-order chi connectivity index (χ0) is 15.5. The van der Waals surface area contributed by atoms with E-state index in [1.165, 1.54) is 7.11 Å². The molecule has 0 saturated heterocycles. The SMILES string of the molecule is COC(=O)c1c(C)nn(-c2ccccc2)c1-c1ccccc1. The van der Waals surface area contributed by atoms with Crippen molar-refractivity contribution in [3.8, 4) is 16.9 Å². The third-order valence-electron chi connectivity index (χ3n) is 3.50. The second kappa shape index (κ2) is 5.85. The fourth-order valence-electron chi connectivity index (χ4n) is 2.49. The summed E-state index contributed by atoms with van der Waals surface area (Å²) in [6.07, 6.45) is 0. The van der Waals surface area contributed by atoms with Crippen LogP contribution < -0.4 is 0 Å². The monoisotopic (exact) mass is 292 g/mol. The van der Waals surface area contributed by atoms with Crippen molar-refractivity contribution in [3.63, 3.8) is 0 Å². The summed E-state index contributed by atoms with van der Waals surface area (Å²) in [5.41, 5.74) is 3.72. The van der Waals surface area contributed by atoms with E-state index in [9.17, 15) is 4.79 Å². The van der Waals surface area contributed by atoms with Crippen molar-refractivity contribution in [2.45, 2.75) is 6.92 Å². The molecular weight excluding hydrogens is 276 g/mol. The number of carbonyl (C=O) groups excluding carboxylic acids is 1. The lowest BCUT2D eigenvalue weighted by Crippen LogP contribution is -2.05. The summed E-state index contributed by atoms with van der Waals surface area (Å²) < 4.78 is 6.72. The van der Waals surface area contributed by atoms with Gasteiger partial charge in [0, 0.05) is 5.56 Å². The van der Waals surface area contributed by atoms with Gasteiger partial charge in [-0.1, -0.05) is 48.5 Å². The number of hydrogen-bond acceptors (Lipinski definition) is 3. The number of carbonyl (C=O) groups is 1. The number of aryl methyl sites for hydroxylation is 1. The van der Waals surface area contributed by atoms with Gasteiger partial charge >= 0.3 is 5.97 Å². The highest BCUT2D eigenvalue weighted by molar-refractivity contribution is 5.97. The summed E-state index contributed by atoms with van der Waals surface area (Å²) in [6, 6.07) is 19.5. The Kier molecular flexibility index (Phi) is 3.74. The van der Waals surface area contributed by atoms with Crippen LogP contribution in [-0.2, 0) is 4.74 Å². The molecule has 0 aliphatic rings. The molecular formula is C18H16N2O2. The van der Waals surface area contributed by atoms with E-state index in [1.807, 2.05) is 67.6 Å². The number of esters is 1. The van der Waals surface area contributed by atoms with Gasteiger partial charge < -0.3 is 4.74 Å². The number of aromatic nitrogens is 2. The lowest BCUT2D eigenvalue weighted by atomic mass is 10.1. The average Bonchev–Trinajstić information content (AvgIpc) is 2.93. The molecule has 0 N–H and O–H groups in total. The molecule has 4 nitrogen and oxygen atoms in total. The number of nitrogens with zero attached hydrogens (tertiary/aromatic N) is 2. The predicted molar refractivity (Wildman–Crippen MR) is 85.1 cm³/mol. The normalized spacial score (nSPS) is 10.5. The van der Waals surface area contributed by atoms with Crippen molar-refractivity contribution in [1.82, 2.24) is 9.78 Å². The largest absolute Gasteiger partial charge is 0.465 e. The van der Waals surface area contributed by atoms with Crippen LogP contribution in [0.3, 0.4) is 0 Å². The van der Waals surface area contributed by atoms with E-state index in [0.717, 1.165) is 16.9 Å². The molecule has 22 heavy (non-hydrogen) atoms. The highest BCUT2D eigenvalue weighted by Crippen LogP contribution is 2.29. The Balaban J connectivity index is 2.30. The van der Waals surface area contributed by atoms with Gasteiger partial charge in [-0.25, -0.2) is 9.48 Å². The minimum Gasteiger partial charge on any atom is -0.465 e. The smallest absolute Gasteiger partial charge is 0.342 e. The maximum absolute atomic E-state index is 12.2. The van der Waals surface area contributed by atoms with Crippen LogP contribution in [0.4, 0.5) is 0 Å². The topological polar surface area (TPSA) is 44.1 Å². The van der Waals surface area contributed by atoms with E-state index in [-0.39, 0.29) is 5.97 Å². The first kappa shape index (κ1) is 14.1. The molecule has 0 atom stereocenters. The Morgan fingerprint density at radius 1 is 1.00 bits per heavy atom. The quantitative estimate of drug-likeness (QED) is 0.692. The highest BCUT2D eigenvalue weighted by Gasteiger charge is 2.23. The van der Waals surface area contributed by atoms with Gasteiger partial charge in [0.1, 0.15) is 5.56 Å². The van der Waals surface area contributed by atoms with Crippen LogP contribution in [0.2, 0.25) is 0 Å². The maximum Gasteiger partial charge on any atom is 0.342 e. The zero-order valence-corrected chi connectivity index (χ0v) is 12.5. The maximum atomic E-state index is 12.2. The van der Waals surface area contributed by atoms with Crippen molar-refractivity contribution in [1.29, 1.82) is 0 Å². The van der Waals surface area contributed by atoms with E-state index in [1.54, 1.807) is 4.68 Å². The summed E-state index contributed by atoms with van der Waals surface area (Å²) >= 11 is 0. The number of methoxy groups -OCH3 is 1. The molecule has 0 radical (unpaired) electrons. The Labute approximate surface area is 129 Å². The summed E-state index contributed by atoms with van der Waals surface area (Å²) in [7, 11) is 1.39. The molecule has 2 aromatic carbocycles. The fourth-order valence-corrected chi connectivity index (χ4v) is 2.49. The third-order valence-corrected chi connectivity index (χ3v) is 3.50. The van der Waals surface area contributed by atoms with Gasteiger partial charge in [0.05, 0.1) is 24.2 Å². The summed E-state index contributed by atoms with van der Waals surface area (Å²) in [5, 5.41) is 4.54. The predicted octanol–water partition coefficient (Wildman–Crippen LogP) is 3.63. The van der Waals surface area contributed by atoms with Gasteiger partial charge in [-0.15, -0.1) is 0 Å². The number of ether oxygens (including phenoxy) is 1. The van der Waals surface area contributed by atoms with Gasteiger partial charge in [-0.2, -0.15) is 5.10 Å². The molecule has 0 unspecified atom stereocenters. The Hall–Kier alpha value is -2.88. The standard InChI is InChI=1S/C18H16N2O2/c1-13-16(18(21)22-2)17(14-9-5-3-6-10-14)20(19-13)15-11-7-4-8-12-15/h3-12H,1-2H3. The molecule has 0 aliphatic carbocycles. The molecule has 0 bridgehead atoms. The lowest BCUT2D eigenvalue weighted by Gasteiger charge is -2.09. The molecule has 4 heteroatoms. The van der Waals surface area contributed by atoms with Gasteiger partial charge in [0.2, 0.25) is 0 Å². The molecule has 110 valence electrons. The Morgan fingerprint density at radius 3 is 2.18 bits per heavy atom. The molecule has 1 heterocycles. The van der Waals surface area contributed by atoms with Crippen LogP contribution in [0.15, 0.2) is 60.7 Å². The first-order valence-corrected chi connectivity index (χ1v) is 7.01. The number of para-hydroxylation sites is 1. The van der Waals surface area contributed by atoms with Gasteiger partial charge in [-0.3, -0.25) is 0 Å². The molecule has 0 spiro atoms. The highest BCUT2D eigenvalue weighted by atomic mass is 16.5. The van der Waals surface area contributed by atoms with Crippen LogP contribution in [0.1, 0.15) is 16.1 Å². The van der Waals surface area contributed by atoms with Crippen LogP contribution in [0.5, 0.6) is 0 Å². The van der Waals surface area contributed by atoms with Crippen molar-refractivity contribution in [2.75, 3.05) is 7.11 Å². The molecule has 1 aromatic heterocycles. The lowest BCUT2D eigenvalue weighted by molar-refractivity contribution is 0.0601. The number of rotatable bonds is 3. The van der Waals surface area contributed by atoms with Crippen molar-refractivity contribution in [3.05, 3.63) is 71.9 Å². The van der Waals surface area contributed by atoms with Crippen molar-refractivity contribution in [2.24, 2.45) is 0 Å². The van der Waals surface area contributed by atoms with E-state index >= 15 is 0 Å². The van der Waals surface area contributed by atoms with Gasteiger partial charge in [-0.05, 0) is 19.1 Å². The molecule has 0 fully saturated rings. The van der Waals surface area contributed by atoms with Crippen LogP contribution in [-0.4, -0.2) is 22.9 Å². The third kappa shape index (κ3) is 2.39. The summed E-state index contributed by atoms with van der Waals surface area (Å²) in [5.74, 6) is -0.376. The van der Waals surface area contributed by atoms with Crippen LogP contribution >= 0.6 is 0 Å². The minimum atomic E-state index is -0.376. The molecule has 0 amide bonds. The summed E-state index contributed by atoms with van der Waals surface area (Å²) in [6.45, 7) is 1.82. The van der Waals surface area contributed by atoms with E-state index in [2.05, 4.69) is 5.10 Å². The molecule has 0 saturated carbocycles. The van der Waals surface area contributed by atoms with E-state index in [0.29, 0.717) is 11.3 Å². The molecule has 3 aromatic rings. The number of benzene rings is 2. The average molecular weight is 292 g/mol. The zero-order valence-electron chi connectivity index (χ0n) is 12.5. The van der Waals surface area contributed by atoms with E-state index < -0.39 is 0 Å². The first-order chi connectivity index (χ1) is 10.7. The van der Waals surface area contributed by atoms with Gasteiger partial charge in [0.15, 0.2) is 0 Å². The van der Waals surface area contributed by atoms with E-state index in [4.69, 9.17) is 4.74 Å². The van der Waals surface area contributed by atoms with Crippen molar-refractivity contribution < 1.29 is 9.53 Å².